The highest BCUT2D eigenvalue weighted by atomic mass is 16.2. The number of aryl methyl sites for hydroxylation is 2. The zero-order chi connectivity index (χ0) is 18.1. The Balaban J connectivity index is 1.67. The van der Waals surface area contributed by atoms with Gasteiger partial charge in [0.05, 0.1) is 5.56 Å². The zero-order valence-corrected chi connectivity index (χ0v) is 15.4. The lowest BCUT2D eigenvalue weighted by atomic mass is 10.1. The summed E-state index contributed by atoms with van der Waals surface area (Å²) in [6.45, 7) is 8.22. The maximum Gasteiger partial charge on any atom is 0.255 e. The molecule has 0 spiro atoms. The molecule has 25 heavy (non-hydrogen) atoms. The van der Waals surface area contributed by atoms with Crippen molar-refractivity contribution in [3.8, 4) is 0 Å². The van der Waals surface area contributed by atoms with E-state index in [1.165, 1.54) is 0 Å². The molecule has 5 nitrogen and oxygen atoms in total. The minimum atomic E-state index is 0.0527. The van der Waals surface area contributed by atoms with Gasteiger partial charge in [0.15, 0.2) is 0 Å². The summed E-state index contributed by atoms with van der Waals surface area (Å²) in [7, 11) is 1.97. The highest BCUT2D eigenvalue weighted by molar-refractivity contribution is 5.97. The number of aromatic nitrogens is 1. The molecule has 2 aromatic rings. The Morgan fingerprint density at radius 2 is 1.36 bits per heavy atom. The van der Waals surface area contributed by atoms with Gasteiger partial charge < -0.3 is 14.4 Å². The van der Waals surface area contributed by atoms with E-state index in [4.69, 9.17) is 0 Å². The first-order valence-electron chi connectivity index (χ1n) is 8.67. The van der Waals surface area contributed by atoms with Crippen LogP contribution < -0.4 is 0 Å². The molecule has 1 aromatic carbocycles. The third-order valence-electron chi connectivity index (χ3n) is 5.24. The molecular formula is C20H25N3O2. The Labute approximate surface area is 148 Å². The molecule has 0 bridgehead atoms. The molecular weight excluding hydrogens is 314 g/mol. The van der Waals surface area contributed by atoms with E-state index in [1.807, 2.05) is 72.5 Å². The zero-order valence-electron chi connectivity index (χ0n) is 15.4. The Kier molecular flexibility index (Phi) is 4.66. The van der Waals surface area contributed by atoms with Crippen LogP contribution in [0, 0.1) is 20.8 Å². The van der Waals surface area contributed by atoms with Crippen molar-refractivity contribution in [2.24, 2.45) is 7.05 Å². The lowest BCUT2D eigenvalue weighted by Gasteiger charge is -2.35. The van der Waals surface area contributed by atoms with Gasteiger partial charge in [-0.25, -0.2) is 0 Å². The van der Waals surface area contributed by atoms with Gasteiger partial charge in [0, 0.05) is 50.2 Å². The van der Waals surface area contributed by atoms with E-state index < -0.39 is 0 Å². The van der Waals surface area contributed by atoms with E-state index in [0.717, 1.165) is 28.1 Å². The number of carbonyl (C=O) groups is 2. The van der Waals surface area contributed by atoms with Crippen molar-refractivity contribution in [2.75, 3.05) is 26.2 Å². The second-order valence-electron chi connectivity index (χ2n) is 6.74. The third kappa shape index (κ3) is 3.18. The number of hydrogen-bond donors (Lipinski definition) is 0. The van der Waals surface area contributed by atoms with Crippen LogP contribution >= 0.6 is 0 Å². The summed E-state index contributed by atoms with van der Waals surface area (Å²) in [4.78, 5) is 29.2. The molecule has 1 aliphatic rings. The Bertz CT molecular complexity index is 814. The van der Waals surface area contributed by atoms with Crippen LogP contribution in [0.3, 0.4) is 0 Å². The van der Waals surface area contributed by atoms with E-state index in [2.05, 4.69) is 0 Å². The molecule has 3 rings (SSSR count). The Morgan fingerprint density at radius 1 is 0.840 bits per heavy atom. The largest absolute Gasteiger partial charge is 0.351 e. The van der Waals surface area contributed by atoms with Crippen molar-refractivity contribution >= 4 is 11.8 Å². The number of benzene rings is 1. The molecule has 132 valence electrons. The number of hydrogen-bond acceptors (Lipinski definition) is 2. The maximum absolute atomic E-state index is 12.8. The predicted octanol–water partition coefficient (Wildman–Crippen LogP) is 2.55. The van der Waals surface area contributed by atoms with E-state index in [1.54, 1.807) is 0 Å². The van der Waals surface area contributed by atoms with Gasteiger partial charge in [-0.15, -0.1) is 0 Å². The molecule has 0 radical (unpaired) electrons. The van der Waals surface area contributed by atoms with Gasteiger partial charge in [-0.3, -0.25) is 9.59 Å². The number of rotatable bonds is 2. The van der Waals surface area contributed by atoms with Crippen LogP contribution in [0.15, 0.2) is 30.3 Å². The van der Waals surface area contributed by atoms with E-state index in [-0.39, 0.29) is 11.8 Å². The summed E-state index contributed by atoms with van der Waals surface area (Å²) >= 11 is 0. The lowest BCUT2D eigenvalue weighted by molar-refractivity contribution is 0.0534. The fourth-order valence-electron chi connectivity index (χ4n) is 3.34. The van der Waals surface area contributed by atoms with Crippen LogP contribution in [0.1, 0.15) is 37.7 Å². The highest BCUT2D eigenvalue weighted by Gasteiger charge is 2.27. The molecule has 0 atom stereocenters. The average Bonchev–Trinajstić information content (AvgIpc) is 2.88. The minimum absolute atomic E-state index is 0.0527. The first kappa shape index (κ1) is 17.3. The van der Waals surface area contributed by atoms with Gasteiger partial charge in [0.1, 0.15) is 0 Å². The van der Waals surface area contributed by atoms with Crippen LogP contribution in [0.2, 0.25) is 0 Å². The topological polar surface area (TPSA) is 45.6 Å². The molecule has 2 heterocycles. The van der Waals surface area contributed by atoms with Crippen molar-refractivity contribution in [3.63, 3.8) is 0 Å². The predicted molar refractivity (Wildman–Crippen MR) is 97.9 cm³/mol. The Hall–Kier alpha value is -2.56. The van der Waals surface area contributed by atoms with Gasteiger partial charge in [-0.2, -0.15) is 0 Å². The van der Waals surface area contributed by atoms with Gasteiger partial charge in [-0.05, 0) is 38.5 Å². The summed E-state index contributed by atoms with van der Waals surface area (Å²) < 4.78 is 2.03. The van der Waals surface area contributed by atoms with Crippen LogP contribution in [-0.2, 0) is 7.05 Å². The van der Waals surface area contributed by atoms with Crippen LogP contribution in [0.5, 0.6) is 0 Å². The maximum atomic E-state index is 12.8. The second-order valence-corrected chi connectivity index (χ2v) is 6.74. The summed E-state index contributed by atoms with van der Waals surface area (Å²) in [6.07, 6.45) is 0. The fourth-order valence-corrected chi connectivity index (χ4v) is 3.34. The van der Waals surface area contributed by atoms with Gasteiger partial charge >= 0.3 is 0 Å². The van der Waals surface area contributed by atoms with E-state index >= 15 is 0 Å². The second kappa shape index (κ2) is 6.75. The van der Waals surface area contributed by atoms with Gasteiger partial charge in [-0.1, -0.05) is 18.2 Å². The molecule has 1 saturated heterocycles. The third-order valence-corrected chi connectivity index (χ3v) is 5.24. The summed E-state index contributed by atoms with van der Waals surface area (Å²) in [6, 6.07) is 9.59. The quantitative estimate of drug-likeness (QED) is 0.844. The van der Waals surface area contributed by atoms with Crippen molar-refractivity contribution in [1.82, 2.24) is 14.4 Å². The normalized spacial score (nSPS) is 14.7. The lowest BCUT2D eigenvalue weighted by Crippen LogP contribution is -2.50. The first-order valence-corrected chi connectivity index (χ1v) is 8.67. The molecule has 0 unspecified atom stereocenters. The number of piperazine rings is 1. The summed E-state index contributed by atoms with van der Waals surface area (Å²) in [5.41, 5.74) is 4.56. The Morgan fingerprint density at radius 3 is 1.84 bits per heavy atom. The van der Waals surface area contributed by atoms with Gasteiger partial charge in [0.2, 0.25) is 0 Å². The molecule has 1 aliphatic heterocycles. The number of amides is 2. The molecule has 1 fully saturated rings. The SMILES string of the molecule is Cc1ccccc1C(=O)N1CCN(C(=O)c2cc(C)n(C)c2C)CC1. The monoisotopic (exact) mass is 339 g/mol. The van der Waals surface area contributed by atoms with E-state index in [9.17, 15) is 9.59 Å². The van der Waals surface area contributed by atoms with Crippen LogP contribution in [0.4, 0.5) is 0 Å². The fraction of sp³-hybridized carbons (Fsp3) is 0.400. The minimum Gasteiger partial charge on any atom is -0.351 e. The molecule has 0 aliphatic carbocycles. The molecule has 0 saturated carbocycles. The molecule has 1 aromatic heterocycles. The molecule has 2 amide bonds. The number of nitrogens with zero attached hydrogens (tertiary/aromatic N) is 3. The highest BCUT2D eigenvalue weighted by Crippen LogP contribution is 2.18. The molecule has 5 heteroatoms. The molecule has 0 N–H and O–H groups in total. The summed E-state index contributed by atoms with van der Waals surface area (Å²) in [5.74, 6) is 0.112. The standard InChI is InChI=1S/C20H25N3O2/c1-14-7-5-6-8-17(14)19(24)22-9-11-23(12-10-22)20(25)18-13-15(2)21(4)16(18)3/h5-8,13H,9-12H2,1-4H3. The van der Waals surface area contributed by atoms with Crippen molar-refractivity contribution in [1.29, 1.82) is 0 Å². The van der Waals surface area contributed by atoms with Crippen molar-refractivity contribution < 1.29 is 9.59 Å². The van der Waals surface area contributed by atoms with E-state index in [0.29, 0.717) is 26.2 Å². The van der Waals surface area contributed by atoms with Crippen LogP contribution in [0.25, 0.3) is 0 Å². The average molecular weight is 339 g/mol. The summed E-state index contributed by atoms with van der Waals surface area (Å²) in [5, 5.41) is 0. The number of carbonyl (C=O) groups excluding carboxylic acids is 2. The van der Waals surface area contributed by atoms with Crippen LogP contribution in [-0.4, -0.2) is 52.4 Å². The first-order chi connectivity index (χ1) is 11.9. The van der Waals surface area contributed by atoms with Crippen molar-refractivity contribution in [3.05, 3.63) is 58.4 Å². The van der Waals surface area contributed by atoms with Gasteiger partial charge in [0.25, 0.3) is 11.8 Å². The smallest absolute Gasteiger partial charge is 0.255 e. The van der Waals surface area contributed by atoms with Crippen molar-refractivity contribution in [2.45, 2.75) is 20.8 Å².